The zero-order valence-corrected chi connectivity index (χ0v) is 17.1. The van der Waals surface area contributed by atoms with Gasteiger partial charge >= 0.3 is 17.9 Å². The fourth-order valence-electron chi connectivity index (χ4n) is 3.51. The molecule has 0 unspecified atom stereocenters. The van der Waals surface area contributed by atoms with Gasteiger partial charge in [0.05, 0.1) is 0 Å². The van der Waals surface area contributed by atoms with Crippen LogP contribution in [-0.4, -0.2) is 62.5 Å². The van der Waals surface area contributed by atoms with E-state index in [4.69, 9.17) is 33.2 Å². The summed E-state index contributed by atoms with van der Waals surface area (Å²) in [7, 11) is 1.37. The molecule has 1 aromatic carbocycles. The molecule has 30 heavy (non-hydrogen) atoms. The van der Waals surface area contributed by atoms with Crippen molar-refractivity contribution in [2.75, 3.05) is 13.9 Å². The third-order valence-corrected chi connectivity index (χ3v) is 4.60. The Morgan fingerprint density at radius 3 is 2.13 bits per heavy atom. The second kappa shape index (κ2) is 9.31. The average molecular weight is 424 g/mol. The Bertz CT molecular complexity index is 807. The molecule has 3 rings (SSSR count). The molecular weight excluding hydrogens is 400 g/mol. The number of hydrogen-bond acceptors (Lipinski definition) is 10. The number of ether oxygens (including phenoxy) is 7. The van der Waals surface area contributed by atoms with Gasteiger partial charge in [0.1, 0.15) is 6.10 Å². The smallest absolute Gasteiger partial charge is 0.303 e. The highest BCUT2D eigenvalue weighted by atomic mass is 16.7. The van der Waals surface area contributed by atoms with Gasteiger partial charge in [-0.25, -0.2) is 0 Å². The summed E-state index contributed by atoms with van der Waals surface area (Å²) in [5.74, 6) is -0.646. The van der Waals surface area contributed by atoms with Crippen molar-refractivity contribution in [2.24, 2.45) is 0 Å². The van der Waals surface area contributed by atoms with E-state index in [1.165, 1.54) is 27.9 Å². The van der Waals surface area contributed by atoms with E-state index in [0.717, 1.165) is 5.56 Å². The Morgan fingerprint density at radius 1 is 0.900 bits per heavy atom. The van der Waals surface area contributed by atoms with Crippen LogP contribution in [0, 0.1) is 0 Å². The molecule has 2 heterocycles. The van der Waals surface area contributed by atoms with Crippen LogP contribution in [0.15, 0.2) is 18.2 Å². The molecule has 0 aromatic heterocycles. The van der Waals surface area contributed by atoms with E-state index in [1.807, 2.05) is 6.07 Å². The first kappa shape index (κ1) is 21.8. The SMILES string of the molecule is CO[C@@H]1O[C@H](Cc2ccc3c(c2)OCO3)[C@@H](OC(C)=O)[C@H](OC(C)=O)[C@H]1OC(C)=O. The van der Waals surface area contributed by atoms with Gasteiger partial charge in [-0.1, -0.05) is 6.07 Å². The van der Waals surface area contributed by atoms with Gasteiger partial charge in [-0.3, -0.25) is 14.4 Å². The summed E-state index contributed by atoms with van der Waals surface area (Å²) < 4.78 is 38.1. The molecule has 0 aliphatic carbocycles. The number of hydrogen-bond donors (Lipinski definition) is 0. The number of esters is 3. The number of rotatable bonds is 6. The summed E-state index contributed by atoms with van der Waals surface area (Å²) in [6.07, 6.45) is -4.78. The molecule has 0 saturated carbocycles. The van der Waals surface area contributed by atoms with Gasteiger partial charge < -0.3 is 33.2 Å². The van der Waals surface area contributed by atoms with E-state index in [-0.39, 0.29) is 13.2 Å². The van der Waals surface area contributed by atoms with Crippen molar-refractivity contribution in [3.05, 3.63) is 23.8 Å². The summed E-state index contributed by atoms with van der Waals surface area (Å²) in [4.78, 5) is 35.1. The van der Waals surface area contributed by atoms with Crippen LogP contribution < -0.4 is 9.47 Å². The Hall–Kier alpha value is -2.85. The Morgan fingerprint density at radius 2 is 1.50 bits per heavy atom. The molecule has 2 aliphatic heterocycles. The summed E-state index contributed by atoms with van der Waals surface area (Å²) in [5, 5.41) is 0. The molecule has 164 valence electrons. The lowest BCUT2D eigenvalue weighted by Gasteiger charge is -2.44. The van der Waals surface area contributed by atoms with Crippen molar-refractivity contribution < 1.29 is 47.5 Å². The van der Waals surface area contributed by atoms with Crippen LogP contribution in [0.4, 0.5) is 0 Å². The Balaban J connectivity index is 1.92. The fourth-order valence-corrected chi connectivity index (χ4v) is 3.51. The number of carbonyl (C=O) groups excluding carboxylic acids is 3. The lowest BCUT2D eigenvalue weighted by Crippen LogP contribution is -2.62. The molecule has 0 radical (unpaired) electrons. The molecule has 1 aromatic rings. The van der Waals surface area contributed by atoms with Crippen LogP contribution in [0.5, 0.6) is 11.5 Å². The number of fused-ring (bicyclic) bond motifs is 1. The normalized spacial score (nSPS) is 27.3. The van der Waals surface area contributed by atoms with Crippen LogP contribution in [-0.2, 0) is 44.5 Å². The minimum atomic E-state index is -1.12. The molecule has 10 heteroatoms. The highest BCUT2D eigenvalue weighted by Gasteiger charge is 2.52. The largest absolute Gasteiger partial charge is 0.456 e. The van der Waals surface area contributed by atoms with E-state index in [1.54, 1.807) is 12.1 Å². The first-order valence-electron chi connectivity index (χ1n) is 9.37. The first-order chi connectivity index (χ1) is 14.3. The number of methoxy groups -OCH3 is 1. The highest BCUT2D eigenvalue weighted by molar-refractivity contribution is 5.68. The Labute approximate surface area is 173 Å². The lowest BCUT2D eigenvalue weighted by atomic mass is 9.93. The maximum absolute atomic E-state index is 11.8. The van der Waals surface area contributed by atoms with Crippen LogP contribution in [0.3, 0.4) is 0 Å². The average Bonchev–Trinajstić information content (AvgIpc) is 3.13. The predicted molar refractivity (Wildman–Crippen MR) is 98.6 cm³/mol. The summed E-state index contributed by atoms with van der Waals surface area (Å²) in [6, 6.07) is 5.38. The molecule has 0 bridgehead atoms. The van der Waals surface area contributed by atoms with Crippen molar-refractivity contribution in [3.63, 3.8) is 0 Å². The van der Waals surface area contributed by atoms with Gasteiger partial charge in [0.25, 0.3) is 0 Å². The van der Waals surface area contributed by atoms with E-state index in [2.05, 4.69) is 0 Å². The molecule has 0 spiro atoms. The van der Waals surface area contributed by atoms with Gasteiger partial charge in [-0.15, -0.1) is 0 Å². The summed E-state index contributed by atoms with van der Waals surface area (Å²) in [6.45, 7) is 3.78. The number of carbonyl (C=O) groups is 3. The zero-order valence-electron chi connectivity index (χ0n) is 17.1. The maximum atomic E-state index is 11.8. The topological polar surface area (TPSA) is 116 Å². The van der Waals surface area contributed by atoms with Crippen molar-refractivity contribution in [2.45, 2.75) is 57.9 Å². The van der Waals surface area contributed by atoms with Gasteiger partial charge in [-0.05, 0) is 17.7 Å². The second-order valence-corrected chi connectivity index (χ2v) is 6.89. The van der Waals surface area contributed by atoms with Crippen LogP contribution in [0.25, 0.3) is 0 Å². The Kier molecular flexibility index (Phi) is 6.78. The molecule has 2 aliphatic rings. The maximum Gasteiger partial charge on any atom is 0.303 e. The van der Waals surface area contributed by atoms with E-state index >= 15 is 0 Å². The molecule has 1 fully saturated rings. The third-order valence-electron chi connectivity index (χ3n) is 4.60. The number of benzene rings is 1. The van der Waals surface area contributed by atoms with Gasteiger partial charge in [0.15, 0.2) is 36.1 Å². The van der Waals surface area contributed by atoms with Crippen LogP contribution >= 0.6 is 0 Å². The van der Waals surface area contributed by atoms with Crippen molar-refractivity contribution in [1.29, 1.82) is 0 Å². The molecule has 0 N–H and O–H groups in total. The van der Waals surface area contributed by atoms with E-state index < -0.39 is 48.6 Å². The fraction of sp³-hybridized carbons (Fsp3) is 0.550. The quantitative estimate of drug-likeness (QED) is 0.486. The van der Waals surface area contributed by atoms with Gasteiger partial charge in [0, 0.05) is 34.3 Å². The first-order valence-corrected chi connectivity index (χ1v) is 9.37. The molecular formula is C20H24O10. The molecule has 1 saturated heterocycles. The van der Waals surface area contributed by atoms with Crippen LogP contribution in [0.2, 0.25) is 0 Å². The molecule has 0 amide bonds. The van der Waals surface area contributed by atoms with E-state index in [0.29, 0.717) is 11.5 Å². The molecule has 5 atom stereocenters. The monoisotopic (exact) mass is 424 g/mol. The minimum absolute atomic E-state index is 0.138. The van der Waals surface area contributed by atoms with Gasteiger partial charge in [-0.2, -0.15) is 0 Å². The highest BCUT2D eigenvalue weighted by Crippen LogP contribution is 2.35. The van der Waals surface area contributed by atoms with Crippen molar-refractivity contribution in [1.82, 2.24) is 0 Å². The lowest BCUT2D eigenvalue weighted by molar-refractivity contribution is -0.297. The minimum Gasteiger partial charge on any atom is -0.456 e. The van der Waals surface area contributed by atoms with Crippen molar-refractivity contribution in [3.8, 4) is 11.5 Å². The van der Waals surface area contributed by atoms with E-state index in [9.17, 15) is 14.4 Å². The standard InChI is InChI=1S/C20H24O10/c1-10(21)27-17-16(8-13-5-6-14-15(7-13)26-9-25-14)30-20(24-4)19(29-12(3)23)18(17)28-11(2)22/h5-7,16-20H,8-9H2,1-4H3/t16-,17-,18+,19-,20-/m1/s1. The summed E-state index contributed by atoms with van der Waals surface area (Å²) >= 11 is 0. The second-order valence-electron chi connectivity index (χ2n) is 6.89. The third kappa shape index (κ3) is 5.00. The molecule has 10 nitrogen and oxygen atoms in total. The predicted octanol–water partition coefficient (Wildman–Crippen LogP) is 1.12. The van der Waals surface area contributed by atoms with Crippen molar-refractivity contribution >= 4 is 17.9 Å². The zero-order chi connectivity index (χ0) is 21.8. The van der Waals surface area contributed by atoms with Crippen LogP contribution in [0.1, 0.15) is 26.3 Å². The summed E-state index contributed by atoms with van der Waals surface area (Å²) in [5.41, 5.74) is 0.809. The van der Waals surface area contributed by atoms with Gasteiger partial charge in [0.2, 0.25) is 6.79 Å².